The van der Waals surface area contributed by atoms with E-state index in [1.807, 2.05) is 30.0 Å². The van der Waals surface area contributed by atoms with Crippen LogP contribution in [-0.4, -0.2) is 31.8 Å². The van der Waals surface area contributed by atoms with Gasteiger partial charge in [-0.3, -0.25) is 4.79 Å². The van der Waals surface area contributed by atoms with Gasteiger partial charge in [-0.05, 0) is 62.4 Å². The largest absolute Gasteiger partial charge is 0.331 e. The van der Waals surface area contributed by atoms with E-state index in [1.54, 1.807) is 18.2 Å². The molecule has 1 aromatic heterocycles. The molecule has 1 unspecified atom stereocenters. The van der Waals surface area contributed by atoms with Crippen molar-refractivity contribution in [1.29, 1.82) is 0 Å². The molecule has 1 saturated carbocycles. The van der Waals surface area contributed by atoms with Crippen molar-refractivity contribution in [2.24, 2.45) is 5.92 Å². The highest BCUT2D eigenvalue weighted by atomic mass is 19.1. The maximum absolute atomic E-state index is 14.1. The van der Waals surface area contributed by atoms with Gasteiger partial charge in [0.15, 0.2) is 0 Å². The zero-order valence-electron chi connectivity index (χ0n) is 15.9. The lowest BCUT2D eigenvalue weighted by atomic mass is 10.0. The quantitative estimate of drug-likeness (QED) is 0.688. The molecule has 142 valence electrons. The Hall–Kier alpha value is -3.02. The molecule has 0 bridgehead atoms. The Kier molecular flexibility index (Phi) is 3.82. The van der Waals surface area contributed by atoms with Crippen LogP contribution in [0.2, 0.25) is 0 Å². The number of carbonyl (C=O) groups is 1. The van der Waals surface area contributed by atoms with E-state index in [9.17, 15) is 9.18 Å². The zero-order chi connectivity index (χ0) is 19.4. The van der Waals surface area contributed by atoms with E-state index < -0.39 is 0 Å². The SMILES string of the molecule is Cc1c(-c2ccc3c(c2)CN(C(C)C2CC2)C3=O)nnn1-c1ccccc1F. The molecular formula is C22H21FN4O. The molecule has 0 radical (unpaired) electrons. The summed E-state index contributed by atoms with van der Waals surface area (Å²) in [5.41, 5.74) is 4.53. The second-order valence-corrected chi connectivity index (χ2v) is 7.77. The number of nitrogens with zero attached hydrogens (tertiary/aromatic N) is 4. The first-order valence-electron chi connectivity index (χ1n) is 9.66. The highest BCUT2D eigenvalue weighted by Gasteiger charge is 2.38. The van der Waals surface area contributed by atoms with Crippen LogP contribution in [0.15, 0.2) is 42.5 Å². The van der Waals surface area contributed by atoms with Crippen LogP contribution in [0.3, 0.4) is 0 Å². The summed E-state index contributed by atoms with van der Waals surface area (Å²) in [5.74, 6) is 0.416. The summed E-state index contributed by atoms with van der Waals surface area (Å²) < 4.78 is 15.7. The Labute approximate surface area is 162 Å². The Morgan fingerprint density at radius 2 is 1.96 bits per heavy atom. The van der Waals surface area contributed by atoms with Crippen molar-refractivity contribution < 1.29 is 9.18 Å². The number of fused-ring (bicyclic) bond motifs is 1. The summed E-state index contributed by atoms with van der Waals surface area (Å²) >= 11 is 0. The molecule has 1 amide bonds. The second kappa shape index (κ2) is 6.26. The second-order valence-electron chi connectivity index (χ2n) is 7.77. The maximum Gasteiger partial charge on any atom is 0.254 e. The summed E-state index contributed by atoms with van der Waals surface area (Å²) in [5, 5.41) is 8.44. The van der Waals surface area contributed by atoms with Crippen LogP contribution < -0.4 is 0 Å². The standard InChI is InChI=1S/C22H21FN4O/c1-13(15-7-8-15)26-12-17-11-16(9-10-18(17)22(26)28)21-14(2)27(25-24-21)20-6-4-3-5-19(20)23/h3-6,9-11,13,15H,7-8,12H2,1-2H3. The fourth-order valence-electron chi connectivity index (χ4n) is 4.10. The first kappa shape index (κ1) is 17.1. The van der Waals surface area contributed by atoms with Crippen LogP contribution >= 0.6 is 0 Å². The van der Waals surface area contributed by atoms with Gasteiger partial charge in [0.1, 0.15) is 17.2 Å². The van der Waals surface area contributed by atoms with Crippen molar-refractivity contribution in [3.05, 3.63) is 65.1 Å². The van der Waals surface area contributed by atoms with E-state index in [-0.39, 0.29) is 17.8 Å². The molecule has 0 spiro atoms. The zero-order valence-corrected chi connectivity index (χ0v) is 15.9. The number of rotatable bonds is 4. The highest BCUT2D eigenvalue weighted by Crippen LogP contribution is 2.39. The fourth-order valence-corrected chi connectivity index (χ4v) is 4.10. The molecule has 1 atom stereocenters. The van der Waals surface area contributed by atoms with Crippen LogP contribution in [0.25, 0.3) is 16.9 Å². The number of halogens is 1. The van der Waals surface area contributed by atoms with Gasteiger partial charge >= 0.3 is 0 Å². The van der Waals surface area contributed by atoms with Crippen molar-refractivity contribution in [2.45, 2.75) is 39.3 Å². The predicted octanol–water partition coefficient (Wildman–Crippen LogP) is 4.14. The van der Waals surface area contributed by atoms with E-state index in [1.165, 1.54) is 23.6 Å². The molecule has 1 aliphatic heterocycles. The lowest BCUT2D eigenvalue weighted by molar-refractivity contribution is 0.0697. The molecule has 0 saturated heterocycles. The van der Waals surface area contributed by atoms with E-state index in [0.717, 1.165) is 22.4 Å². The Balaban J connectivity index is 1.49. The fraction of sp³-hybridized carbons (Fsp3) is 0.318. The first-order chi connectivity index (χ1) is 13.5. The Morgan fingerprint density at radius 3 is 2.71 bits per heavy atom. The van der Waals surface area contributed by atoms with Crippen molar-refractivity contribution in [1.82, 2.24) is 19.9 Å². The average Bonchev–Trinajstić information content (AvgIpc) is 3.41. The van der Waals surface area contributed by atoms with Crippen LogP contribution in [0.5, 0.6) is 0 Å². The summed E-state index contributed by atoms with van der Waals surface area (Å²) in [6, 6.07) is 12.6. The lowest BCUT2D eigenvalue weighted by Gasteiger charge is -2.23. The summed E-state index contributed by atoms with van der Waals surface area (Å²) in [6.07, 6.45) is 2.43. The van der Waals surface area contributed by atoms with E-state index in [4.69, 9.17) is 0 Å². The highest BCUT2D eigenvalue weighted by molar-refractivity contribution is 5.99. The third kappa shape index (κ3) is 2.63. The normalized spacial score (nSPS) is 17.1. The van der Waals surface area contributed by atoms with Gasteiger partial charge in [0.25, 0.3) is 5.91 Å². The van der Waals surface area contributed by atoms with E-state index in [2.05, 4.69) is 17.2 Å². The van der Waals surface area contributed by atoms with Gasteiger partial charge in [-0.25, -0.2) is 9.07 Å². The molecule has 28 heavy (non-hydrogen) atoms. The van der Waals surface area contributed by atoms with Gasteiger partial charge in [-0.15, -0.1) is 5.10 Å². The molecule has 5 rings (SSSR count). The smallest absolute Gasteiger partial charge is 0.254 e. The van der Waals surface area contributed by atoms with Crippen LogP contribution in [-0.2, 0) is 6.54 Å². The number of hydrogen-bond acceptors (Lipinski definition) is 3. The van der Waals surface area contributed by atoms with Crippen LogP contribution in [0.1, 0.15) is 41.4 Å². The van der Waals surface area contributed by atoms with Gasteiger partial charge in [-0.2, -0.15) is 0 Å². The third-order valence-corrected chi connectivity index (χ3v) is 5.98. The summed E-state index contributed by atoms with van der Waals surface area (Å²) in [7, 11) is 0. The maximum atomic E-state index is 14.1. The summed E-state index contributed by atoms with van der Waals surface area (Å²) in [4.78, 5) is 14.7. The topological polar surface area (TPSA) is 51.0 Å². The van der Waals surface area contributed by atoms with Crippen molar-refractivity contribution in [3.63, 3.8) is 0 Å². The lowest BCUT2D eigenvalue weighted by Crippen LogP contribution is -2.34. The average molecular weight is 376 g/mol. The third-order valence-electron chi connectivity index (χ3n) is 5.98. The molecule has 3 aromatic rings. The van der Waals surface area contributed by atoms with Gasteiger partial charge in [0.05, 0.1) is 5.69 Å². The van der Waals surface area contributed by atoms with E-state index in [0.29, 0.717) is 23.8 Å². The van der Waals surface area contributed by atoms with Gasteiger partial charge < -0.3 is 4.90 Å². The van der Waals surface area contributed by atoms with Gasteiger partial charge in [0.2, 0.25) is 0 Å². The molecule has 2 aromatic carbocycles. The van der Waals surface area contributed by atoms with E-state index >= 15 is 0 Å². The van der Waals surface area contributed by atoms with Gasteiger partial charge in [0, 0.05) is 23.7 Å². The number of carbonyl (C=O) groups excluding carboxylic acids is 1. The molecule has 5 nitrogen and oxygen atoms in total. The number of aromatic nitrogens is 3. The number of amides is 1. The molecular weight excluding hydrogens is 355 g/mol. The first-order valence-corrected chi connectivity index (χ1v) is 9.66. The Morgan fingerprint density at radius 1 is 1.18 bits per heavy atom. The van der Waals surface area contributed by atoms with Crippen molar-refractivity contribution in [3.8, 4) is 16.9 Å². The number of benzene rings is 2. The van der Waals surface area contributed by atoms with Crippen molar-refractivity contribution in [2.75, 3.05) is 0 Å². The van der Waals surface area contributed by atoms with Crippen LogP contribution in [0, 0.1) is 18.7 Å². The molecule has 0 N–H and O–H groups in total. The minimum atomic E-state index is -0.341. The summed E-state index contributed by atoms with van der Waals surface area (Å²) in [6.45, 7) is 4.66. The molecule has 2 heterocycles. The predicted molar refractivity (Wildman–Crippen MR) is 104 cm³/mol. The minimum Gasteiger partial charge on any atom is -0.331 e. The molecule has 1 aliphatic carbocycles. The molecule has 6 heteroatoms. The van der Waals surface area contributed by atoms with Gasteiger partial charge in [-0.1, -0.05) is 23.4 Å². The number of hydrogen-bond donors (Lipinski definition) is 0. The monoisotopic (exact) mass is 376 g/mol. The molecule has 2 aliphatic rings. The van der Waals surface area contributed by atoms with Crippen LogP contribution in [0.4, 0.5) is 4.39 Å². The molecule has 1 fully saturated rings. The Bertz CT molecular complexity index is 1090. The van der Waals surface area contributed by atoms with Crippen molar-refractivity contribution >= 4 is 5.91 Å². The number of para-hydroxylation sites is 1. The minimum absolute atomic E-state index is 0.118.